The van der Waals surface area contributed by atoms with Gasteiger partial charge in [0.05, 0.1) is 31.0 Å². The van der Waals surface area contributed by atoms with Gasteiger partial charge in [0, 0.05) is 6.54 Å². The number of aliphatic hydroxyl groups excluding tert-OH is 1. The number of hydrogen-bond donors (Lipinski definition) is 2. The van der Waals surface area contributed by atoms with Gasteiger partial charge in [0.15, 0.2) is 0 Å². The van der Waals surface area contributed by atoms with Crippen molar-refractivity contribution in [3.8, 4) is 0 Å². The van der Waals surface area contributed by atoms with Crippen LogP contribution in [0.1, 0.15) is 38.3 Å². The lowest BCUT2D eigenvalue weighted by molar-refractivity contribution is 0.0714. The Morgan fingerprint density at radius 1 is 1.18 bits per heavy atom. The molecule has 4 nitrogen and oxygen atoms in total. The Labute approximate surface area is 133 Å². The highest BCUT2D eigenvalue weighted by Gasteiger charge is 2.30. The molecular formula is C18H29NO3. The molecule has 0 amide bonds. The molecular weight excluding hydrogens is 278 g/mol. The zero-order valence-electron chi connectivity index (χ0n) is 14.0. The molecule has 0 unspecified atom stereocenters. The second kappa shape index (κ2) is 7.55. The minimum Gasteiger partial charge on any atom is -0.390 e. The van der Waals surface area contributed by atoms with Crippen LogP contribution in [0.3, 0.4) is 0 Å². The molecule has 2 atom stereocenters. The number of aliphatic hydroxyl groups is 2. The summed E-state index contributed by atoms with van der Waals surface area (Å²) in [5.41, 5.74) is 1.88. The smallest absolute Gasteiger partial charge is 0.0950 e. The van der Waals surface area contributed by atoms with E-state index >= 15 is 0 Å². The number of benzene rings is 1. The van der Waals surface area contributed by atoms with Crippen LogP contribution in [-0.4, -0.2) is 52.6 Å². The highest BCUT2D eigenvalue weighted by Crippen LogP contribution is 2.18. The second-order valence-corrected chi connectivity index (χ2v) is 6.86. The van der Waals surface area contributed by atoms with E-state index in [1.807, 2.05) is 13.8 Å². The molecule has 4 heteroatoms. The third-order valence-corrected chi connectivity index (χ3v) is 4.33. The zero-order chi connectivity index (χ0) is 16.2. The summed E-state index contributed by atoms with van der Waals surface area (Å²) >= 11 is 0. The first kappa shape index (κ1) is 17.4. The maximum atomic E-state index is 9.97. The van der Waals surface area contributed by atoms with Gasteiger partial charge in [-0.05, 0) is 44.4 Å². The molecule has 1 aromatic carbocycles. The van der Waals surface area contributed by atoms with Crippen molar-refractivity contribution < 1.29 is 14.9 Å². The molecule has 1 heterocycles. The highest BCUT2D eigenvalue weighted by atomic mass is 16.5. The van der Waals surface area contributed by atoms with Gasteiger partial charge in [0.1, 0.15) is 0 Å². The summed E-state index contributed by atoms with van der Waals surface area (Å²) in [6, 6.07) is 8.65. The summed E-state index contributed by atoms with van der Waals surface area (Å²) in [6.07, 6.45) is 1.26. The van der Waals surface area contributed by atoms with Crippen LogP contribution in [0.5, 0.6) is 0 Å². The van der Waals surface area contributed by atoms with Crippen molar-refractivity contribution in [2.45, 2.75) is 57.9 Å². The highest BCUT2D eigenvalue weighted by molar-refractivity contribution is 5.23. The quantitative estimate of drug-likeness (QED) is 0.809. The Balaban J connectivity index is 1.92. The molecule has 0 aliphatic carbocycles. The van der Waals surface area contributed by atoms with E-state index in [1.165, 1.54) is 11.1 Å². The molecule has 0 spiro atoms. The number of rotatable bonds is 7. The predicted molar refractivity (Wildman–Crippen MR) is 87.8 cm³/mol. The van der Waals surface area contributed by atoms with Crippen LogP contribution in [0.4, 0.5) is 0 Å². The fourth-order valence-electron chi connectivity index (χ4n) is 2.84. The molecule has 1 aromatic rings. The van der Waals surface area contributed by atoms with Gasteiger partial charge in [-0.2, -0.15) is 0 Å². The number of likely N-dealkylation sites (N-methyl/N-ethyl adjacent to an activating group) is 1. The average Bonchev–Trinajstić information content (AvgIpc) is 2.89. The van der Waals surface area contributed by atoms with Gasteiger partial charge in [-0.15, -0.1) is 0 Å². The van der Waals surface area contributed by atoms with Crippen molar-refractivity contribution in [2.75, 3.05) is 19.8 Å². The van der Waals surface area contributed by atoms with Crippen LogP contribution in [0, 0.1) is 0 Å². The molecule has 0 radical (unpaired) electrons. The summed E-state index contributed by atoms with van der Waals surface area (Å²) in [4.78, 5) is 2.27. The van der Waals surface area contributed by atoms with Crippen LogP contribution in [0.15, 0.2) is 24.3 Å². The standard InChI is InChI=1S/C18H29NO3/c1-4-19(16-12-22-13-17(16)20)11-15-7-5-14(6-8-15)9-10-18(2,3)21/h5-8,16-17,20-21H,4,9-13H2,1-3H3/t16-,17-/m0/s1. The molecule has 22 heavy (non-hydrogen) atoms. The van der Waals surface area contributed by atoms with E-state index in [0.717, 1.165) is 25.9 Å². The predicted octanol–water partition coefficient (Wildman–Crippen LogP) is 1.97. The van der Waals surface area contributed by atoms with Crippen LogP contribution < -0.4 is 0 Å². The minimum absolute atomic E-state index is 0.0971. The third-order valence-electron chi connectivity index (χ3n) is 4.33. The Morgan fingerprint density at radius 2 is 1.82 bits per heavy atom. The first-order valence-electron chi connectivity index (χ1n) is 8.19. The van der Waals surface area contributed by atoms with Gasteiger partial charge >= 0.3 is 0 Å². The van der Waals surface area contributed by atoms with E-state index in [9.17, 15) is 10.2 Å². The van der Waals surface area contributed by atoms with Crippen molar-refractivity contribution in [1.29, 1.82) is 0 Å². The first-order valence-corrected chi connectivity index (χ1v) is 8.19. The third kappa shape index (κ3) is 5.06. The summed E-state index contributed by atoms with van der Waals surface area (Å²) in [5, 5.41) is 19.8. The lowest BCUT2D eigenvalue weighted by Crippen LogP contribution is -2.42. The number of ether oxygens (including phenoxy) is 1. The van der Waals surface area contributed by atoms with Crippen molar-refractivity contribution >= 4 is 0 Å². The molecule has 0 aromatic heterocycles. The van der Waals surface area contributed by atoms with Gasteiger partial charge in [0.2, 0.25) is 0 Å². The summed E-state index contributed by atoms with van der Waals surface area (Å²) in [7, 11) is 0. The summed E-state index contributed by atoms with van der Waals surface area (Å²) in [6.45, 7) is 8.57. The lowest BCUT2D eigenvalue weighted by atomic mass is 9.98. The van der Waals surface area contributed by atoms with Crippen molar-refractivity contribution in [2.24, 2.45) is 0 Å². The lowest BCUT2D eigenvalue weighted by Gasteiger charge is -2.28. The van der Waals surface area contributed by atoms with Crippen molar-refractivity contribution in [3.63, 3.8) is 0 Å². The van der Waals surface area contributed by atoms with Gasteiger partial charge in [-0.3, -0.25) is 4.90 Å². The fourth-order valence-corrected chi connectivity index (χ4v) is 2.84. The van der Waals surface area contributed by atoms with Gasteiger partial charge in [0.25, 0.3) is 0 Å². The molecule has 1 aliphatic rings. The molecule has 0 bridgehead atoms. The van der Waals surface area contributed by atoms with E-state index in [4.69, 9.17) is 4.74 Å². The largest absolute Gasteiger partial charge is 0.390 e. The van der Waals surface area contributed by atoms with E-state index in [2.05, 4.69) is 36.1 Å². The molecule has 1 fully saturated rings. The molecule has 2 N–H and O–H groups in total. The van der Waals surface area contributed by atoms with Gasteiger partial charge in [-0.25, -0.2) is 0 Å². The number of nitrogens with zero attached hydrogens (tertiary/aromatic N) is 1. The Hall–Kier alpha value is -0.940. The maximum absolute atomic E-state index is 9.97. The average molecular weight is 307 g/mol. The first-order chi connectivity index (χ1) is 10.4. The molecule has 1 aliphatic heterocycles. The normalized spacial score (nSPS) is 22.5. The van der Waals surface area contributed by atoms with Gasteiger partial charge in [-0.1, -0.05) is 31.2 Å². The molecule has 0 saturated carbocycles. The Morgan fingerprint density at radius 3 is 2.32 bits per heavy atom. The fraction of sp³-hybridized carbons (Fsp3) is 0.667. The maximum Gasteiger partial charge on any atom is 0.0950 e. The van der Waals surface area contributed by atoms with Crippen molar-refractivity contribution in [1.82, 2.24) is 4.90 Å². The van der Waals surface area contributed by atoms with E-state index < -0.39 is 5.60 Å². The van der Waals surface area contributed by atoms with Crippen LogP contribution in [-0.2, 0) is 17.7 Å². The van der Waals surface area contributed by atoms with Crippen LogP contribution in [0.25, 0.3) is 0 Å². The zero-order valence-corrected chi connectivity index (χ0v) is 14.0. The van der Waals surface area contributed by atoms with E-state index in [1.54, 1.807) is 0 Å². The second-order valence-electron chi connectivity index (χ2n) is 6.86. The van der Waals surface area contributed by atoms with Crippen LogP contribution >= 0.6 is 0 Å². The van der Waals surface area contributed by atoms with Crippen molar-refractivity contribution in [3.05, 3.63) is 35.4 Å². The Bertz CT molecular complexity index is 452. The summed E-state index contributed by atoms with van der Waals surface area (Å²) in [5.74, 6) is 0. The van der Waals surface area contributed by atoms with Gasteiger partial charge < -0.3 is 14.9 Å². The minimum atomic E-state index is -0.615. The number of aryl methyl sites for hydroxylation is 1. The molecule has 2 rings (SSSR count). The number of hydrogen-bond acceptors (Lipinski definition) is 4. The van der Waals surface area contributed by atoms with Crippen LogP contribution in [0.2, 0.25) is 0 Å². The summed E-state index contributed by atoms with van der Waals surface area (Å²) < 4.78 is 5.36. The molecule has 124 valence electrons. The van der Waals surface area contributed by atoms with E-state index in [-0.39, 0.29) is 12.1 Å². The Kier molecular flexibility index (Phi) is 5.98. The molecule has 1 saturated heterocycles. The SMILES string of the molecule is CCN(Cc1ccc(CCC(C)(C)O)cc1)[C@H]1COC[C@@H]1O. The van der Waals surface area contributed by atoms with E-state index in [0.29, 0.717) is 13.2 Å². The topological polar surface area (TPSA) is 52.9 Å². The monoisotopic (exact) mass is 307 g/mol.